The summed E-state index contributed by atoms with van der Waals surface area (Å²) in [5.41, 5.74) is 3.18. The van der Waals surface area contributed by atoms with Crippen LogP contribution in [0, 0.1) is 0 Å². The van der Waals surface area contributed by atoms with Gasteiger partial charge in [0.1, 0.15) is 0 Å². The predicted octanol–water partition coefficient (Wildman–Crippen LogP) is -0.0677. The number of nitrogens with zero attached hydrogens (tertiary/aromatic N) is 2. The van der Waals surface area contributed by atoms with E-state index in [1.165, 1.54) is 10.7 Å². The molecule has 2 heterocycles. The fourth-order valence-corrected chi connectivity index (χ4v) is 1.38. The highest BCUT2D eigenvalue weighted by atomic mass is 16.3. The van der Waals surface area contributed by atoms with Crippen LogP contribution in [0.25, 0.3) is 11.0 Å². The molecule has 5 nitrogen and oxygen atoms in total. The molecule has 0 unspecified atom stereocenters. The van der Waals surface area contributed by atoms with Crippen LogP contribution in [0.5, 0.6) is 0 Å². The average molecular weight is 205 g/mol. The van der Waals surface area contributed by atoms with Gasteiger partial charge in [-0.15, -0.1) is 0 Å². The van der Waals surface area contributed by atoms with Crippen molar-refractivity contribution in [3.05, 3.63) is 40.8 Å². The van der Waals surface area contributed by atoms with E-state index in [1.807, 2.05) is 12.1 Å². The van der Waals surface area contributed by atoms with Crippen molar-refractivity contribution in [2.45, 2.75) is 0 Å². The number of pyridine rings is 2. The summed E-state index contributed by atoms with van der Waals surface area (Å²) in [6.07, 6.45) is 1.62. The summed E-state index contributed by atoms with van der Waals surface area (Å²) >= 11 is 0. The van der Waals surface area contributed by atoms with Gasteiger partial charge in [0.2, 0.25) is 0 Å². The van der Waals surface area contributed by atoms with Crippen LogP contribution in [0.2, 0.25) is 0 Å². The van der Waals surface area contributed by atoms with E-state index in [4.69, 9.17) is 5.11 Å². The molecule has 5 heteroatoms. The maximum absolute atomic E-state index is 11.5. The van der Waals surface area contributed by atoms with Gasteiger partial charge in [0.25, 0.3) is 5.56 Å². The van der Waals surface area contributed by atoms with E-state index in [9.17, 15) is 4.79 Å². The lowest BCUT2D eigenvalue weighted by atomic mass is 10.3. The topological polar surface area (TPSA) is 67.2 Å². The molecule has 0 aromatic carbocycles. The zero-order valence-corrected chi connectivity index (χ0v) is 8.05. The molecule has 0 amide bonds. The van der Waals surface area contributed by atoms with Gasteiger partial charge in [0, 0.05) is 17.6 Å². The Morgan fingerprint density at radius 2 is 2.27 bits per heavy atom. The van der Waals surface area contributed by atoms with Gasteiger partial charge in [-0.2, -0.15) is 0 Å². The fraction of sp³-hybridized carbons (Fsp3) is 0.200. The second kappa shape index (κ2) is 4.10. The monoisotopic (exact) mass is 205 g/mol. The van der Waals surface area contributed by atoms with Crippen molar-refractivity contribution in [1.82, 2.24) is 9.66 Å². The Kier molecular flexibility index (Phi) is 2.64. The number of aliphatic hydroxyl groups is 1. The first-order valence-electron chi connectivity index (χ1n) is 4.64. The summed E-state index contributed by atoms with van der Waals surface area (Å²) in [7, 11) is 0. The molecule has 0 aliphatic heterocycles. The van der Waals surface area contributed by atoms with Crippen LogP contribution >= 0.6 is 0 Å². The molecule has 0 fully saturated rings. The average Bonchev–Trinajstić information content (AvgIpc) is 2.28. The molecule has 0 radical (unpaired) electrons. The Labute approximate surface area is 86.0 Å². The Hall–Kier alpha value is -1.88. The second-order valence-corrected chi connectivity index (χ2v) is 3.05. The van der Waals surface area contributed by atoms with Crippen LogP contribution < -0.4 is 11.0 Å². The van der Waals surface area contributed by atoms with Gasteiger partial charge in [-0.1, -0.05) is 0 Å². The number of aliphatic hydroxyl groups excluding tert-OH is 1. The molecule has 2 aromatic heterocycles. The molecule has 2 aromatic rings. The molecule has 15 heavy (non-hydrogen) atoms. The van der Waals surface area contributed by atoms with Crippen LogP contribution in [0.15, 0.2) is 35.3 Å². The standard InChI is InChI=1S/C10H11N3O2/c14-7-6-12-13-9(15)4-3-8-2-1-5-11-10(8)13/h1-5,12,14H,6-7H2. The van der Waals surface area contributed by atoms with Crippen LogP contribution in [-0.4, -0.2) is 27.9 Å². The van der Waals surface area contributed by atoms with E-state index in [0.29, 0.717) is 12.2 Å². The van der Waals surface area contributed by atoms with E-state index in [1.54, 1.807) is 12.3 Å². The number of hydrogen-bond acceptors (Lipinski definition) is 4. The third-order valence-electron chi connectivity index (χ3n) is 2.04. The van der Waals surface area contributed by atoms with Crippen molar-refractivity contribution in [3.8, 4) is 0 Å². The van der Waals surface area contributed by atoms with Crippen LogP contribution in [0.3, 0.4) is 0 Å². The van der Waals surface area contributed by atoms with Crippen molar-refractivity contribution < 1.29 is 5.11 Å². The molecule has 0 aliphatic carbocycles. The highest BCUT2D eigenvalue weighted by Crippen LogP contribution is 2.05. The summed E-state index contributed by atoms with van der Waals surface area (Å²) in [6.45, 7) is 0.283. The molecule has 78 valence electrons. The summed E-state index contributed by atoms with van der Waals surface area (Å²) in [5.74, 6) is 0. The van der Waals surface area contributed by atoms with E-state index in [2.05, 4.69) is 10.4 Å². The molecule has 0 saturated heterocycles. The van der Waals surface area contributed by atoms with Crippen LogP contribution in [0.4, 0.5) is 0 Å². The minimum absolute atomic E-state index is 0.0321. The molecule has 0 bridgehead atoms. The van der Waals surface area contributed by atoms with E-state index in [-0.39, 0.29) is 12.2 Å². The molecule has 2 rings (SSSR count). The molecule has 0 saturated carbocycles. The summed E-state index contributed by atoms with van der Waals surface area (Å²) in [5, 5.41) is 9.57. The second-order valence-electron chi connectivity index (χ2n) is 3.05. The van der Waals surface area contributed by atoms with Gasteiger partial charge >= 0.3 is 0 Å². The highest BCUT2D eigenvalue weighted by Gasteiger charge is 2.01. The SMILES string of the molecule is O=c1ccc2cccnc2n1NCCO. The van der Waals surface area contributed by atoms with Gasteiger partial charge < -0.3 is 10.5 Å². The normalized spacial score (nSPS) is 10.5. The maximum atomic E-state index is 11.5. The minimum Gasteiger partial charge on any atom is -0.394 e. The van der Waals surface area contributed by atoms with E-state index in [0.717, 1.165) is 5.39 Å². The van der Waals surface area contributed by atoms with Crippen molar-refractivity contribution in [3.63, 3.8) is 0 Å². The van der Waals surface area contributed by atoms with Crippen molar-refractivity contribution in [2.24, 2.45) is 0 Å². The van der Waals surface area contributed by atoms with Gasteiger partial charge in [0.05, 0.1) is 13.2 Å². The Morgan fingerprint density at radius 1 is 1.40 bits per heavy atom. The predicted molar refractivity (Wildman–Crippen MR) is 57.3 cm³/mol. The lowest BCUT2D eigenvalue weighted by Crippen LogP contribution is -2.30. The number of hydrogen-bond donors (Lipinski definition) is 2. The maximum Gasteiger partial charge on any atom is 0.270 e. The zero-order chi connectivity index (χ0) is 10.7. The third-order valence-corrected chi connectivity index (χ3v) is 2.04. The van der Waals surface area contributed by atoms with Crippen molar-refractivity contribution >= 4 is 11.0 Å². The summed E-state index contributed by atoms with van der Waals surface area (Å²) in [6, 6.07) is 6.87. The number of nitrogens with one attached hydrogen (secondary N) is 1. The van der Waals surface area contributed by atoms with Gasteiger partial charge in [0.15, 0.2) is 5.65 Å². The van der Waals surface area contributed by atoms with Crippen molar-refractivity contribution in [1.29, 1.82) is 0 Å². The molecular weight excluding hydrogens is 194 g/mol. The molecule has 0 aliphatic rings. The molecule has 0 atom stereocenters. The quantitative estimate of drug-likeness (QED) is 0.736. The Balaban J connectivity index is 2.58. The number of rotatable bonds is 3. The Morgan fingerprint density at radius 3 is 3.07 bits per heavy atom. The summed E-state index contributed by atoms with van der Waals surface area (Å²) in [4.78, 5) is 15.6. The number of aromatic nitrogens is 2. The van der Waals surface area contributed by atoms with Crippen molar-refractivity contribution in [2.75, 3.05) is 18.6 Å². The fourth-order valence-electron chi connectivity index (χ4n) is 1.38. The zero-order valence-electron chi connectivity index (χ0n) is 8.05. The van der Waals surface area contributed by atoms with Gasteiger partial charge in [-0.3, -0.25) is 4.79 Å². The lowest BCUT2D eigenvalue weighted by molar-refractivity contribution is 0.307. The lowest BCUT2D eigenvalue weighted by Gasteiger charge is -2.09. The first kappa shape index (κ1) is 9.67. The third kappa shape index (κ3) is 1.82. The molecule has 2 N–H and O–H groups in total. The van der Waals surface area contributed by atoms with Gasteiger partial charge in [-0.25, -0.2) is 9.66 Å². The van der Waals surface area contributed by atoms with Crippen LogP contribution in [0.1, 0.15) is 0 Å². The highest BCUT2D eigenvalue weighted by molar-refractivity contribution is 5.74. The molecule has 0 spiro atoms. The van der Waals surface area contributed by atoms with Gasteiger partial charge in [-0.05, 0) is 18.2 Å². The molecular formula is C10H11N3O2. The smallest absolute Gasteiger partial charge is 0.270 e. The van der Waals surface area contributed by atoms with Crippen LogP contribution in [-0.2, 0) is 0 Å². The largest absolute Gasteiger partial charge is 0.394 e. The summed E-state index contributed by atoms with van der Waals surface area (Å²) < 4.78 is 1.34. The first-order valence-corrected chi connectivity index (χ1v) is 4.64. The Bertz CT molecular complexity index is 521. The number of fused-ring (bicyclic) bond motifs is 1. The van der Waals surface area contributed by atoms with E-state index < -0.39 is 0 Å². The van der Waals surface area contributed by atoms with E-state index >= 15 is 0 Å². The minimum atomic E-state index is -0.186. The first-order chi connectivity index (χ1) is 7.33.